The number of rotatable bonds is 8. The minimum absolute atomic E-state index is 0.0105. The van der Waals surface area contributed by atoms with E-state index in [0.29, 0.717) is 22.3 Å². The van der Waals surface area contributed by atoms with E-state index in [2.05, 4.69) is 0 Å². The second kappa shape index (κ2) is 11.5. The van der Waals surface area contributed by atoms with Gasteiger partial charge < -0.3 is 18.9 Å². The molecular weight excluding hydrogens is 368 g/mol. The summed E-state index contributed by atoms with van der Waals surface area (Å²) in [5, 5.41) is 0. The van der Waals surface area contributed by atoms with Gasteiger partial charge in [-0.25, -0.2) is 0 Å². The normalized spacial score (nSPS) is 21.0. The lowest BCUT2D eigenvalue weighted by Crippen LogP contribution is -2.10. The minimum atomic E-state index is -0.450. The Kier molecular flexibility index (Phi) is 9.42. The molecule has 0 atom stereocenters. The van der Waals surface area contributed by atoms with Crippen molar-refractivity contribution in [3.8, 4) is 0 Å². The maximum absolute atomic E-state index is 11.2. The lowest BCUT2D eigenvalue weighted by Gasteiger charge is -2.14. The van der Waals surface area contributed by atoms with Crippen LogP contribution < -0.4 is 0 Å². The highest BCUT2D eigenvalue weighted by atomic mass is 16.5. The Morgan fingerprint density at radius 3 is 0.821 bits per heavy atom. The fourth-order valence-electron chi connectivity index (χ4n) is 2.19. The third-order valence-corrected chi connectivity index (χ3v) is 3.25. The molecule has 0 fully saturated rings. The second-order valence-electron chi connectivity index (χ2n) is 6.00. The molecule has 0 aromatic heterocycles. The maximum Gasteiger partial charge on any atom is 0.302 e. The molecule has 0 aliphatic heterocycles. The summed E-state index contributed by atoms with van der Waals surface area (Å²) in [4.78, 5) is 44.6. The first-order valence-electron chi connectivity index (χ1n) is 8.51. The molecule has 1 aliphatic carbocycles. The monoisotopic (exact) mass is 392 g/mol. The highest BCUT2D eigenvalue weighted by Gasteiger charge is 2.11. The average Bonchev–Trinajstić information content (AvgIpc) is 2.57. The Hall–Kier alpha value is -3.16. The third kappa shape index (κ3) is 10.1. The summed E-state index contributed by atoms with van der Waals surface area (Å²) in [5.41, 5.74) is 2.44. The molecule has 1 rings (SSSR count). The SMILES string of the molecule is CC(=O)OCC1=C/C(COC(C)=O)=C\C(COC(C)=O)=C/C(COC(C)=O)=C\1. The highest BCUT2D eigenvalue weighted by molar-refractivity contribution is 5.68. The molecule has 28 heavy (non-hydrogen) atoms. The van der Waals surface area contributed by atoms with Crippen LogP contribution in [0, 0.1) is 0 Å². The molecular formula is C20H24O8. The molecule has 0 aromatic carbocycles. The van der Waals surface area contributed by atoms with Gasteiger partial charge in [-0.05, 0) is 46.6 Å². The number of esters is 4. The van der Waals surface area contributed by atoms with E-state index in [0.717, 1.165) is 0 Å². The summed E-state index contributed by atoms with van der Waals surface area (Å²) in [6, 6.07) is 0. The van der Waals surface area contributed by atoms with Crippen LogP contribution in [0.1, 0.15) is 27.7 Å². The van der Waals surface area contributed by atoms with Crippen LogP contribution in [0.15, 0.2) is 46.6 Å². The summed E-state index contributed by atoms with van der Waals surface area (Å²) in [6.07, 6.45) is 6.78. The van der Waals surface area contributed by atoms with Gasteiger partial charge >= 0.3 is 23.9 Å². The van der Waals surface area contributed by atoms with Crippen molar-refractivity contribution in [3.63, 3.8) is 0 Å². The highest BCUT2D eigenvalue weighted by Crippen LogP contribution is 2.18. The standard InChI is InChI=1S/C20H24O8/c1-13(21)25-9-17-5-18(10-26-14(2)22)7-20(12-28-16(4)24)8-19(6-17)11-27-15(3)23/h5-8H,9-12H2,1-4H3/b17-5+,17-6?,18-5?,18-7+,19-6+,19-8?,20-7?,20-8+. The van der Waals surface area contributed by atoms with Crippen LogP contribution >= 0.6 is 0 Å². The van der Waals surface area contributed by atoms with Crippen LogP contribution in [-0.2, 0) is 38.1 Å². The quantitative estimate of drug-likeness (QED) is 0.456. The first-order chi connectivity index (χ1) is 13.2. The van der Waals surface area contributed by atoms with Gasteiger partial charge in [-0.15, -0.1) is 0 Å². The number of hydrogen-bond donors (Lipinski definition) is 0. The Morgan fingerprint density at radius 2 is 0.679 bits per heavy atom. The zero-order chi connectivity index (χ0) is 21.1. The van der Waals surface area contributed by atoms with E-state index in [1.54, 1.807) is 24.3 Å². The first-order valence-corrected chi connectivity index (χ1v) is 8.51. The van der Waals surface area contributed by atoms with Crippen LogP contribution in [0.5, 0.6) is 0 Å². The Bertz CT molecular complexity index is 613. The number of carbonyl (C=O) groups is 4. The lowest BCUT2D eigenvalue weighted by molar-refractivity contribution is -0.140. The van der Waals surface area contributed by atoms with Gasteiger partial charge in [-0.3, -0.25) is 19.2 Å². The Balaban J connectivity index is 3.22. The molecule has 0 amide bonds. The molecule has 0 bridgehead atoms. The van der Waals surface area contributed by atoms with Crippen molar-refractivity contribution >= 4 is 23.9 Å². The molecule has 8 heteroatoms. The van der Waals surface area contributed by atoms with Crippen LogP contribution in [-0.4, -0.2) is 50.3 Å². The van der Waals surface area contributed by atoms with Gasteiger partial charge in [0.25, 0.3) is 0 Å². The van der Waals surface area contributed by atoms with Gasteiger partial charge in [-0.2, -0.15) is 0 Å². The van der Waals surface area contributed by atoms with Crippen molar-refractivity contribution < 1.29 is 38.1 Å². The molecule has 152 valence electrons. The van der Waals surface area contributed by atoms with Crippen LogP contribution in [0.25, 0.3) is 0 Å². The summed E-state index contributed by atoms with van der Waals surface area (Å²) < 4.78 is 20.2. The van der Waals surface area contributed by atoms with E-state index in [1.807, 2.05) is 0 Å². The number of hydrogen-bond acceptors (Lipinski definition) is 8. The molecule has 0 unspecified atom stereocenters. The molecule has 0 aromatic rings. The largest absolute Gasteiger partial charge is 0.461 e. The summed E-state index contributed by atoms with van der Waals surface area (Å²) >= 11 is 0. The summed E-state index contributed by atoms with van der Waals surface area (Å²) in [7, 11) is 0. The zero-order valence-corrected chi connectivity index (χ0v) is 16.4. The van der Waals surface area contributed by atoms with Gasteiger partial charge in [0.2, 0.25) is 0 Å². The van der Waals surface area contributed by atoms with Crippen LogP contribution in [0.2, 0.25) is 0 Å². The Labute approximate surface area is 163 Å². The third-order valence-electron chi connectivity index (χ3n) is 3.25. The second-order valence-corrected chi connectivity index (χ2v) is 6.00. The van der Waals surface area contributed by atoms with Crippen LogP contribution in [0.3, 0.4) is 0 Å². The molecule has 0 spiro atoms. The zero-order valence-electron chi connectivity index (χ0n) is 16.4. The average molecular weight is 392 g/mol. The van der Waals surface area contributed by atoms with E-state index >= 15 is 0 Å². The number of ether oxygens (including phenoxy) is 4. The minimum Gasteiger partial charge on any atom is -0.461 e. The number of carbonyl (C=O) groups excluding carboxylic acids is 4. The molecule has 0 saturated heterocycles. The molecule has 0 heterocycles. The molecule has 8 nitrogen and oxygen atoms in total. The van der Waals surface area contributed by atoms with Crippen molar-refractivity contribution in [1.82, 2.24) is 0 Å². The van der Waals surface area contributed by atoms with E-state index in [1.165, 1.54) is 27.7 Å². The smallest absolute Gasteiger partial charge is 0.302 e. The summed E-state index contributed by atoms with van der Waals surface area (Å²) in [6.45, 7) is 5.12. The van der Waals surface area contributed by atoms with Crippen molar-refractivity contribution in [1.29, 1.82) is 0 Å². The van der Waals surface area contributed by atoms with Gasteiger partial charge in [0.05, 0.1) is 0 Å². The topological polar surface area (TPSA) is 105 Å². The molecule has 0 N–H and O–H groups in total. The van der Waals surface area contributed by atoms with E-state index < -0.39 is 23.9 Å². The van der Waals surface area contributed by atoms with Crippen molar-refractivity contribution in [2.75, 3.05) is 26.4 Å². The van der Waals surface area contributed by atoms with Gasteiger partial charge in [0.1, 0.15) is 26.4 Å². The van der Waals surface area contributed by atoms with E-state index in [4.69, 9.17) is 18.9 Å². The lowest BCUT2D eigenvalue weighted by atomic mass is 10.0. The first kappa shape index (κ1) is 22.9. The fourth-order valence-corrected chi connectivity index (χ4v) is 2.19. The van der Waals surface area contributed by atoms with Crippen LogP contribution in [0.4, 0.5) is 0 Å². The predicted molar refractivity (Wildman–Crippen MR) is 98.9 cm³/mol. The molecule has 0 radical (unpaired) electrons. The molecule has 1 aliphatic rings. The van der Waals surface area contributed by atoms with E-state index in [9.17, 15) is 19.2 Å². The van der Waals surface area contributed by atoms with Crippen molar-refractivity contribution in [2.45, 2.75) is 27.7 Å². The fraction of sp³-hybridized carbons (Fsp3) is 0.400. The van der Waals surface area contributed by atoms with Crippen molar-refractivity contribution in [3.05, 3.63) is 46.6 Å². The van der Waals surface area contributed by atoms with Gasteiger partial charge in [0.15, 0.2) is 0 Å². The maximum atomic E-state index is 11.2. The predicted octanol–water partition coefficient (Wildman–Crippen LogP) is 1.96. The summed E-state index contributed by atoms with van der Waals surface area (Å²) in [5.74, 6) is -1.80. The van der Waals surface area contributed by atoms with Crippen molar-refractivity contribution in [2.24, 2.45) is 0 Å². The molecule has 0 saturated carbocycles. The van der Waals surface area contributed by atoms with E-state index in [-0.39, 0.29) is 26.4 Å². The van der Waals surface area contributed by atoms with Gasteiger partial charge in [-0.1, -0.05) is 0 Å². The Morgan fingerprint density at radius 1 is 0.500 bits per heavy atom. The van der Waals surface area contributed by atoms with Gasteiger partial charge in [0, 0.05) is 27.7 Å².